The van der Waals surface area contributed by atoms with E-state index in [2.05, 4.69) is 44.1 Å². The highest BCUT2D eigenvalue weighted by Crippen LogP contribution is 2.24. The van der Waals surface area contributed by atoms with Crippen LogP contribution in [0.25, 0.3) is 16.6 Å². The van der Waals surface area contributed by atoms with Crippen LogP contribution in [0.15, 0.2) is 34.9 Å². The average molecular weight is 349 g/mol. The van der Waals surface area contributed by atoms with Crippen LogP contribution in [0.1, 0.15) is 19.2 Å². The van der Waals surface area contributed by atoms with Crippen LogP contribution < -0.4 is 0 Å². The zero-order valence-corrected chi connectivity index (χ0v) is 13.3. The van der Waals surface area contributed by atoms with Gasteiger partial charge in [-0.2, -0.15) is 5.10 Å². The summed E-state index contributed by atoms with van der Waals surface area (Å²) in [5.41, 5.74) is 1.89. The van der Waals surface area contributed by atoms with Crippen molar-refractivity contribution in [3.05, 3.63) is 45.5 Å². The first kappa shape index (κ1) is 13.5. The van der Waals surface area contributed by atoms with Gasteiger partial charge in [-0.1, -0.05) is 19.1 Å². The first-order valence-electron chi connectivity index (χ1n) is 6.41. The van der Waals surface area contributed by atoms with Gasteiger partial charge in [-0.15, -0.1) is 0 Å². The molecule has 2 heterocycles. The number of aromatic amines is 1. The highest BCUT2D eigenvalue weighted by molar-refractivity contribution is 9.10. The maximum absolute atomic E-state index is 5.37. The lowest BCUT2D eigenvalue weighted by molar-refractivity contribution is 0.802. The van der Waals surface area contributed by atoms with Gasteiger partial charge in [0.2, 0.25) is 0 Å². The number of nitrogens with one attached hydrogen (secondary N) is 1. The number of para-hydroxylation sites is 1. The van der Waals surface area contributed by atoms with Crippen molar-refractivity contribution >= 4 is 39.1 Å². The van der Waals surface area contributed by atoms with E-state index in [1.807, 2.05) is 22.8 Å². The zero-order chi connectivity index (χ0) is 14.1. The number of aryl methyl sites for hydroxylation is 1. The molecule has 0 saturated heterocycles. The Morgan fingerprint density at radius 2 is 2.25 bits per heavy atom. The van der Waals surface area contributed by atoms with Gasteiger partial charge in [0.1, 0.15) is 5.82 Å². The molecule has 0 aliphatic carbocycles. The SMILES string of the molecule is CCCc1n[nH]c(=S)n1-c1cccc2cc(Br)cnc12. The van der Waals surface area contributed by atoms with E-state index in [-0.39, 0.29) is 0 Å². The number of pyridine rings is 1. The molecule has 0 radical (unpaired) electrons. The van der Waals surface area contributed by atoms with Crippen LogP contribution in [-0.2, 0) is 6.42 Å². The van der Waals surface area contributed by atoms with Crippen LogP contribution in [0, 0.1) is 4.77 Å². The Kier molecular flexibility index (Phi) is 3.67. The minimum atomic E-state index is 0.602. The molecule has 0 atom stereocenters. The molecule has 0 fully saturated rings. The Bertz CT molecular complexity index is 821. The van der Waals surface area contributed by atoms with Gasteiger partial charge in [0, 0.05) is 22.5 Å². The quantitative estimate of drug-likeness (QED) is 0.721. The van der Waals surface area contributed by atoms with Crippen LogP contribution in [0.3, 0.4) is 0 Å². The molecule has 3 aromatic rings. The van der Waals surface area contributed by atoms with Gasteiger partial charge in [-0.3, -0.25) is 14.6 Å². The van der Waals surface area contributed by atoms with E-state index in [1.54, 1.807) is 6.20 Å². The van der Waals surface area contributed by atoms with Gasteiger partial charge < -0.3 is 0 Å². The van der Waals surface area contributed by atoms with Crippen LogP contribution in [0.4, 0.5) is 0 Å². The van der Waals surface area contributed by atoms with Crippen molar-refractivity contribution in [2.45, 2.75) is 19.8 Å². The summed E-state index contributed by atoms with van der Waals surface area (Å²) in [6, 6.07) is 8.12. The second kappa shape index (κ2) is 5.46. The molecular weight excluding hydrogens is 336 g/mol. The minimum Gasteiger partial charge on any atom is -0.270 e. The van der Waals surface area contributed by atoms with Gasteiger partial charge in [0.15, 0.2) is 4.77 Å². The van der Waals surface area contributed by atoms with Gasteiger partial charge in [0.25, 0.3) is 0 Å². The van der Waals surface area contributed by atoms with Gasteiger partial charge in [-0.05, 0) is 46.7 Å². The molecule has 0 amide bonds. The van der Waals surface area contributed by atoms with Crippen LogP contribution in [-0.4, -0.2) is 19.7 Å². The topological polar surface area (TPSA) is 46.5 Å². The molecule has 20 heavy (non-hydrogen) atoms. The fourth-order valence-electron chi connectivity index (χ4n) is 2.27. The molecule has 0 bridgehead atoms. The first-order chi connectivity index (χ1) is 9.70. The predicted octanol–water partition coefficient (Wildman–Crippen LogP) is 4.19. The number of rotatable bonds is 3. The van der Waals surface area contributed by atoms with Gasteiger partial charge in [0.05, 0.1) is 11.2 Å². The van der Waals surface area contributed by atoms with Crippen molar-refractivity contribution in [1.82, 2.24) is 19.7 Å². The lowest BCUT2D eigenvalue weighted by Gasteiger charge is -2.09. The molecule has 0 saturated carbocycles. The van der Waals surface area contributed by atoms with Crippen molar-refractivity contribution in [2.75, 3.05) is 0 Å². The highest BCUT2D eigenvalue weighted by atomic mass is 79.9. The molecule has 0 spiro atoms. The molecule has 102 valence electrons. The second-order valence-corrected chi connectivity index (χ2v) is 5.84. The second-order valence-electron chi connectivity index (χ2n) is 4.53. The summed E-state index contributed by atoms with van der Waals surface area (Å²) in [6.07, 6.45) is 3.69. The summed E-state index contributed by atoms with van der Waals surface area (Å²) in [5.74, 6) is 0.940. The summed E-state index contributed by atoms with van der Waals surface area (Å²) >= 11 is 8.82. The number of fused-ring (bicyclic) bond motifs is 1. The third-order valence-corrected chi connectivity index (χ3v) is 3.82. The molecule has 0 aliphatic heterocycles. The Labute approximate surface area is 130 Å². The fourth-order valence-corrected chi connectivity index (χ4v) is 2.87. The lowest BCUT2D eigenvalue weighted by Crippen LogP contribution is -2.02. The number of aromatic nitrogens is 4. The standard InChI is InChI=1S/C14H13BrN4S/c1-2-4-12-17-18-14(20)19(12)11-6-3-5-9-7-10(15)8-16-13(9)11/h3,5-8H,2,4H2,1H3,(H,18,20). The van der Waals surface area contributed by atoms with E-state index in [4.69, 9.17) is 12.2 Å². The molecular formula is C14H13BrN4S. The monoisotopic (exact) mass is 348 g/mol. The smallest absolute Gasteiger partial charge is 0.199 e. The van der Waals surface area contributed by atoms with E-state index in [1.165, 1.54) is 0 Å². The number of H-pyrrole nitrogens is 1. The summed E-state index contributed by atoms with van der Waals surface area (Å²) < 4.78 is 3.54. The molecule has 1 N–H and O–H groups in total. The fraction of sp³-hybridized carbons (Fsp3) is 0.214. The first-order valence-corrected chi connectivity index (χ1v) is 7.61. The van der Waals surface area contributed by atoms with E-state index in [0.717, 1.165) is 39.7 Å². The van der Waals surface area contributed by atoms with Crippen molar-refractivity contribution in [3.8, 4) is 5.69 Å². The molecule has 4 nitrogen and oxygen atoms in total. The van der Waals surface area contributed by atoms with Crippen LogP contribution in [0.5, 0.6) is 0 Å². The Morgan fingerprint density at radius 3 is 3.05 bits per heavy atom. The number of nitrogens with zero attached hydrogens (tertiary/aromatic N) is 3. The molecule has 0 unspecified atom stereocenters. The molecule has 3 rings (SSSR count). The largest absolute Gasteiger partial charge is 0.270 e. The minimum absolute atomic E-state index is 0.602. The van der Waals surface area contributed by atoms with Crippen molar-refractivity contribution in [2.24, 2.45) is 0 Å². The van der Waals surface area contributed by atoms with E-state index < -0.39 is 0 Å². The molecule has 0 aliphatic rings. The maximum atomic E-state index is 5.37. The van der Waals surface area contributed by atoms with Crippen LogP contribution in [0.2, 0.25) is 0 Å². The number of hydrogen-bond acceptors (Lipinski definition) is 3. The molecule has 6 heteroatoms. The zero-order valence-electron chi connectivity index (χ0n) is 10.9. The van der Waals surface area contributed by atoms with Crippen molar-refractivity contribution < 1.29 is 0 Å². The lowest BCUT2D eigenvalue weighted by atomic mass is 10.2. The van der Waals surface area contributed by atoms with Crippen LogP contribution >= 0.6 is 28.1 Å². The Hall–Kier alpha value is -1.53. The summed E-state index contributed by atoms with van der Waals surface area (Å²) in [6.45, 7) is 2.13. The van der Waals surface area contributed by atoms with Gasteiger partial charge in [-0.25, -0.2) is 0 Å². The van der Waals surface area contributed by atoms with E-state index in [0.29, 0.717) is 4.77 Å². The van der Waals surface area contributed by atoms with E-state index in [9.17, 15) is 0 Å². The van der Waals surface area contributed by atoms with Gasteiger partial charge >= 0.3 is 0 Å². The normalized spacial score (nSPS) is 11.1. The number of benzene rings is 1. The summed E-state index contributed by atoms with van der Waals surface area (Å²) in [7, 11) is 0. The molecule has 1 aromatic carbocycles. The summed E-state index contributed by atoms with van der Waals surface area (Å²) in [5, 5.41) is 8.26. The third kappa shape index (κ3) is 2.29. The van der Waals surface area contributed by atoms with Crippen molar-refractivity contribution in [3.63, 3.8) is 0 Å². The molecule has 2 aromatic heterocycles. The Morgan fingerprint density at radius 1 is 1.40 bits per heavy atom. The number of hydrogen-bond donors (Lipinski definition) is 1. The summed E-state index contributed by atoms with van der Waals surface area (Å²) in [4.78, 5) is 4.52. The Balaban J connectivity index is 2.30. The number of halogens is 1. The van der Waals surface area contributed by atoms with Crippen molar-refractivity contribution in [1.29, 1.82) is 0 Å². The van der Waals surface area contributed by atoms with E-state index >= 15 is 0 Å². The average Bonchev–Trinajstić information content (AvgIpc) is 2.79. The third-order valence-electron chi connectivity index (χ3n) is 3.11. The maximum Gasteiger partial charge on any atom is 0.199 e. The predicted molar refractivity (Wildman–Crippen MR) is 85.7 cm³/mol. The highest BCUT2D eigenvalue weighted by Gasteiger charge is 2.11.